The molecule has 0 aliphatic rings. The minimum absolute atomic E-state index is 0.135. The van der Waals surface area contributed by atoms with Gasteiger partial charge in [-0.15, -0.1) is 0 Å². The van der Waals surface area contributed by atoms with E-state index in [0.29, 0.717) is 12.1 Å². The van der Waals surface area contributed by atoms with Crippen LogP contribution in [-0.2, 0) is 0 Å². The summed E-state index contributed by atoms with van der Waals surface area (Å²) in [6.45, 7) is 0.677. The summed E-state index contributed by atoms with van der Waals surface area (Å²) in [6.07, 6.45) is 4.15. The van der Waals surface area contributed by atoms with E-state index >= 15 is 0 Å². The second-order valence-corrected chi connectivity index (χ2v) is 4.45. The molecule has 0 spiro atoms. The van der Waals surface area contributed by atoms with E-state index in [2.05, 4.69) is 11.6 Å². The molecule has 0 aliphatic carbocycles. The zero-order valence-corrected chi connectivity index (χ0v) is 10.1. The molecule has 1 rings (SSSR count). The Labute approximate surface area is 99.6 Å². The second-order valence-electron chi connectivity index (χ2n) is 3.46. The third-order valence-electron chi connectivity index (χ3n) is 2.17. The van der Waals surface area contributed by atoms with Crippen molar-refractivity contribution in [1.82, 2.24) is 5.32 Å². The smallest absolute Gasteiger partial charge is 0.251 e. The molecule has 88 valence electrons. The van der Waals surface area contributed by atoms with Gasteiger partial charge in [0.15, 0.2) is 0 Å². The molecule has 0 aromatic heterocycles. The van der Waals surface area contributed by atoms with Gasteiger partial charge in [-0.1, -0.05) is 0 Å². The Bertz CT molecular complexity index is 326. The van der Waals surface area contributed by atoms with Crippen molar-refractivity contribution in [3.8, 4) is 0 Å². The van der Waals surface area contributed by atoms with Crippen LogP contribution in [0, 0.1) is 5.82 Å². The molecule has 16 heavy (non-hydrogen) atoms. The Hall–Kier alpha value is -1.03. The van der Waals surface area contributed by atoms with Crippen LogP contribution in [0.1, 0.15) is 23.2 Å². The van der Waals surface area contributed by atoms with Crippen molar-refractivity contribution in [2.45, 2.75) is 12.8 Å². The number of amides is 1. The standard InChI is InChI=1S/C12H16FNOS/c1-16-9-3-2-8-14-12(15)10-4-6-11(13)7-5-10/h4-7H,2-3,8-9H2,1H3,(H,14,15). The fraction of sp³-hybridized carbons (Fsp3) is 0.417. The van der Waals surface area contributed by atoms with Crippen molar-refractivity contribution >= 4 is 17.7 Å². The Morgan fingerprint density at radius 1 is 1.31 bits per heavy atom. The molecule has 0 atom stereocenters. The average molecular weight is 241 g/mol. The van der Waals surface area contributed by atoms with Gasteiger partial charge in [0.25, 0.3) is 5.91 Å². The van der Waals surface area contributed by atoms with Gasteiger partial charge >= 0.3 is 0 Å². The number of thioether (sulfide) groups is 1. The van der Waals surface area contributed by atoms with Crippen molar-refractivity contribution in [1.29, 1.82) is 0 Å². The zero-order chi connectivity index (χ0) is 11.8. The number of rotatable bonds is 6. The average Bonchev–Trinajstić information content (AvgIpc) is 2.29. The lowest BCUT2D eigenvalue weighted by atomic mass is 10.2. The lowest BCUT2D eigenvalue weighted by molar-refractivity contribution is 0.0953. The van der Waals surface area contributed by atoms with Crippen LogP contribution in [-0.4, -0.2) is 24.5 Å². The van der Waals surface area contributed by atoms with Crippen molar-refractivity contribution in [2.24, 2.45) is 0 Å². The number of halogens is 1. The summed E-state index contributed by atoms with van der Waals surface area (Å²) in [6, 6.07) is 5.57. The highest BCUT2D eigenvalue weighted by Gasteiger charge is 2.03. The molecular weight excluding hydrogens is 225 g/mol. The Balaban J connectivity index is 2.27. The zero-order valence-electron chi connectivity index (χ0n) is 9.33. The number of hydrogen-bond donors (Lipinski definition) is 1. The summed E-state index contributed by atoms with van der Waals surface area (Å²) in [7, 11) is 0. The second kappa shape index (κ2) is 7.28. The summed E-state index contributed by atoms with van der Waals surface area (Å²) in [5.41, 5.74) is 0.506. The molecule has 1 N–H and O–H groups in total. The summed E-state index contributed by atoms with van der Waals surface area (Å²) in [4.78, 5) is 11.5. The first-order valence-corrected chi connectivity index (χ1v) is 6.66. The van der Waals surface area contributed by atoms with Crippen molar-refractivity contribution in [3.05, 3.63) is 35.6 Å². The predicted octanol–water partition coefficient (Wildman–Crippen LogP) is 2.70. The molecule has 4 heteroatoms. The number of hydrogen-bond acceptors (Lipinski definition) is 2. The van der Waals surface area contributed by atoms with E-state index in [1.54, 1.807) is 11.8 Å². The largest absolute Gasteiger partial charge is 0.352 e. The van der Waals surface area contributed by atoms with Crippen LogP contribution in [0.5, 0.6) is 0 Å². The van der Waals surface area contributed by atoms with Gasteiger partial charge < -0.3 is 5.32 Å². The minimum atomic E-state index is -0.323. The van der Waals surface area contributed by atoms with Gasteiger partial charge in [0.05, 0.1) is 0 Å². The highest BCUT2D eigenvalue weighted by Crippen LogP contribution is 2.03. The van der Waals surface area contributed by atoms with Crippen molar-refractivity contribution in [2.75, 3.05) is 18.6 Å². The summed E-state index contributed by atoms with van der Waals surface area (Å²) in [5, 5.41) is 2.81. The van der Waals surface area contributed by atoms with Gasteiger partial charge in [-0.05, 0) is 49.1 Å². The van der Waals surface area contributed by atoms with Crippen molar-refractivity contribution < 1.29 is 9.18 Å². The van der Waals surface area contributed by atoms with Crippen LogP contribution < -0.4 is 5.32 Å². The number of benzene rings is 1. The van der Waals surface area contributed by atoms with Gasteiger partial charge in [0.1, 0.15) is 5.82 Å². The van der Waals surface area contributed by atoms with E-state index in [9.17, 15) is 9.18 Å². The molecule has 1 aromatic carbocycles. The molecule has 0 heterocycles. The third kappa shape index (κ3) is 4.66. The molecule has 0 saturated carbocycles. The lowest BCUT2D eigenvalue weighted by Crippen LogP contribution is -2.24. The maximum atomic E-state index is 12.6. The SMILES string of the molecule is CSCCCCNC(=O)c1ccc(F)cc1. The van der Waals surface area contributed by atoms with Crippen molar-refractivity contribution in [3.63, 3.8) is 0 Å². The van der Waals surface area contributed by atoms with Gasteiger partial charge in [0.2, 0.25) is 0 Å². The minimum Gasteiger partial charge on any atom is -0.352 e. The third-order valence-corrected chi connectivity index (χ3v) is 2.86. The molecule has 0 unspecified atom stereocenters. The van der Waals surface area contributed by atoms with Gasteiger partial charge in [-0.2, -0.15) is 11.8 Å². The normalized spacial score (nSPS) is 10.1. The van der Waals surface area contributed by atoms with Crippen LogP contribution >= 0.6 is 11.8 Å². The first-order chi connectivity index (χ1) is 7.74. The topological polar surface area (TPSA) is 29.1 Å². The van der Waals surface area contributed by atoms with Gasteiger partial charge in [-0.3, -0.25) is 4.79 Å². The number of unbranched alkanes of at least 4 members (excludes halogenated alkanes) is 1. The van der Waals surface area contributed by atoms with Gasteiger partial charge in [-0.25, -0.2) is 4.39 Å². The first kappa shape index (κ1) is 13.0. The Morgan fingerprint density at radius 2 is 2.00 bits per heavy atom. The van der Waals surface area contributed by atoms with E-state index in [1.807, 2.05) is 0 Å². The fourth-order valence-electron chi connectivity index (χ4n) is 1.28. The highest BCUT2D eigenvalue weighted by atomic mass is 32.2. The molecule has 0 saturated heterocycles. The molecule has 0 radical (unpaired) electrons. The van der Waals surface area contributed by atoms with E-state index < -0.39 is 0 Å². The van der Waals surface area contributed by atoms with E-state index in [0.717, 1.165) is 18.6 Å². The van der Waals surface area contributed by atoms with Crippen LogP contribution in [0.4, 0.5) is 4.39 Å². The van der Waals surface area contributed by atoms with E-state index in [-0.39, 0.29) is 11.7 Å². The number of nitrogens with one attached hydrogen (secondary N) is 1. The molecule has 1 aromatic rings. The summed E-state index contributed by atoms with van der Waals surface area (Å²) < 4.78 is 12.6. The molecular formula is C12H16FNOS. The predicted molar refractivity (Wildman–Crippen MR) is 66.3 cm³/mol. The lowest BCUT2D eigenvalue weighted by Gasteiger charge is -2.04. The van der Waals surface area contributed by atoms with Crippen LogP contribution in [0.2, 0.25) is 0 Å². The number of carbonyl (C=O) groups excluding carboxylic acids is 1. The van der Waals surface area contributed by atoms with E-state index in [1.165, 1.54) is 24.3 Å². The quantitative estimate of drug-likeness (QED) is 0.776. The van der Waals surface area contributed by atoms with Crippen LogP contribution in [0.3, 0.4) is 0 Å². The molecule has 0 aliphatic heterocycles. The monoisotopic (exact) mass is 241 g/mol. The fourth-order valence-corrected chi connectivity index (χ4v) is 1.77. The summed E-state index contributed by atoms with van der Waals surface area (Å²) >= 11 is 1.80. The first-order valence-electron chi connectivity index (χ1n) is 5.26. The maximum Gasteiger partial charge on any atom is 0.251 e. The molecule has 0 fully saturated rings. The molecule has 0 bridgehead atoms. The molecule has 2 nitrogen and oxygen atoms in total. The number of carbonyl (C=O) groups is 1. The Kier molecular flexibility index (Phi) is 5.93. The van der Waals surface area contributed by atoms with Gasteiger partial charge in [0, 0.05) is 12.1 Å². The van der Waals surface area contributed by atoms with Crippen LogP contribution in [0.15, 0.2) is 24.3 Å². The molecule has 1 amide bonds. The van der Waals surface area contributed by atoms with E-state index in [4.69, 9.17) is 0 Å². The maximum absolute atomic E-state index is 12.6. The highest BCUT2D eigenvalue weighted by molar-refractivity contribution is 7.98. The summed E-state index contributed by atoms with van der Waals surface area (Å²) in [5.74, 6) is 0.660. The van der Waals surface area contributed by atoms with Crippen LogP contribution in [0.25, 0.3) is 0 Å². The Morgan fingerprint density at radius 3 is 2.62 bits per heavy atom.